The van der Waals surface area contributed by atoms with E-state index < -0.39 is 0 Å². The summed E-state index contributed by atoms with van der Waals surface area (Å²) in [5, 5.41) is 0. The van der Waals surface area contributed by atoms with Crippen LogP contribution in [0.1, 0.15) is 65.7 Å². The van der Waals surface area contributed by atoms with Gasteiger partial charge in [0.25, 0.3) is 0 Å². The fourth-order valence-corrected chi connectivity index (χ4v) is 3.75. The molecule has 0 radical (unpaired) electrons. The second kappa shape index (κ2) is 4.84. The highest BCUT2D eigenvalue weighted by Gasteiger charge is 2.56. The maximum atomic E-state index is 12.6. The van der Waals surface area contributed by atoms with Crippen molar-refractivity contribution in [3.8, 4) is 0 Å². The molecule has 20 heavy (non-hydrogen) atoms. The van der Waals surface area contributed by atoms with Crippen molar-refractivity contribution < 1.29 is 9.53 Å². The fourth-order valence-electron chi connectivity index (χ4n) is 3.75. The summed E-state index contributed by atoms with van der Waals surface area (Å²) in [6.45, 7) is 6.68. The topological polar surface area (TPSA) is 29.6 Å². The van der Waals surface area contributed by atoms with Gasteiger partial charge in [-0.05, 0) is 69.8 Å². The largest absolute Gasteiger partial charge is 0.358 e. The molecule has 0 aromatic rings. The number of hydrogen-bond donors (Lipinski definition) is 0. The Bertz CT molecular complexity index is 488. The van der Waals surface area contributed by atoms with Crippen molar-refractivity contribution >= 4 is 5.78 Å². The number of allylic oxidation sites excluding steroid dienone is 3. The van der Waals surface area contributed by atoms with Crippen molar-refractivity contribution in [1.82, 2.24) is 0 Å². The molecule has 1 heterocycles. The monoisotopic (exact) mass is 274 g/mol. The quantitative estimate of drug-likeness (QED) is 0.485. The number of Topliss-reactive ketones (excluding diaryl/α,β-unsaturated/α-hetero) is 1. The molecule has 1 aliphatic heterocycles. The van der Waals surface area contributed by atoms with E-state index in [1.807, 2.05) is 0 Å². The van der Waals surface area contributed by atoms with Crippen LogP contribution >= 0.6 is 0 Å². The number of carbonyl (C=O) groups is 1. The van der Waals surface area contributed by atoms with Crippen LogP contribution in [0.15, 0.2) is 23.3 Å². The molecule has 2 bridgehead atoms. The van der Waals surface area contributed by atoms with E-state index in [2.05, 4.69) is 32.9 Å². The van der Waals surface area contributed by atoms with Gasteiger partial charge in [0.2, 0.25) is 0 Å². The number of ether oxygens (including phenoxy) is 1. The maximum Gasteiger partial charge on any atom is 0.190 e. The Morgan fingerprint density at radius 2 is 1.90 bits per heavy atom. The lowest BCUT2D eigenvalue weighted by atomic mass is 9.70. The Balaban J connectivity index is 1.86. The Kier molecular flexibility index (Phi) is 3.40. The third kappa shape index (κ3) is 2.63. The predicted molar refractivity (Wildman–Crippen MR) is 80.6 cm³/mol. The molecule has 0 amide bonds. The van der Waals surface area contributed by atoms with Crippen LogP contribution in [0.2, 0.25) is 0 Å². The first-order chi connectivity index (χ1) is 9.42. The summed E-state index contributed by atoms with van der Waals surface area (Å²) >= 11 is 0. The van der Waals surface area contributed by atoms with Gasteiger partial charge < -0.3 is 4.74 Å². The van der Waals surface area contributed by atoms with Crippen LogP contribution < -0.4 is 0 Å². The molecule has 0 N–H and O–H groups in total. The van der Waals surface area contributed by atoms with E-state index in [9.17, 15) is 4.79 Å². The molecular formula is C18H26O2. The Morgan fingerprint density at radius 1 is 1.15 bits per heavy atom. The standard InChI is InChI=1S/C18H26O2/c1-13-6-4-10-18(3)16(20-18)15(19)14-7-5-9-17(2,12-14)11-8-13/h6-7,16H,4-5,8-12H2,1-3H3/b13-6+/t16-,17+,18-/m1/s1. The van der Waals surface area contributed by atoms with E-state index in [4.69, 9.17) is 4.74 Å². The lowest BCUT2D eigenvalue weighted by molar-refractivity contribution is -0.117. The molecule has 0 saturated carbocycles. The molecule has 2 heteroatoms. The molecule has 0 spiro atoms. The predicted octanol–water partition coefficient (Wildman–Crippen LogP) is 4.35. The van der Waals surface area contributed by atoms with E-state index >= 15 is 0 Å². The average molecular weight is 274 g/mol. The van der Waals surface area contributed by atoms with Crippen LogP contribution in [0.25, 0.3) is 0 Å². The van der Waals surface area contributed by atoms with Gasteiger partial charge in [0.15, 0.2) is 5.78 Å². The van der Waals surface area contributed by atoms with Gasteiger partial charge in [-0.3, -0.25) is 4.79 Å². The Hall–Kier alpha value is -0.890. The summed E-state index contributed by atoms with van der Waals surface area (Å²) in [4.78, 5) is 12.6. The molecule has 3 atom stereocenters. The summed E-state index contributed by atoms with van der Waals surface area (Å²) in [6, 6.07) is 0. The summed E-state index contributed by atoms with van der Waals surface area (Å²) in [5.41, 5.74) is 2.62. The number of epoxide rings is 1. The number of fused-ring (bicyclic) bond motifs is 3. The van der Waals surface area contributed by atoms with Crippen molar-refractivity contribution in [2.24, 2.45) is 5.41 Å². The van der Waals surface area contributed by atoms with E-state index in [0.29, 0.717) is 5.41 Å². The molecule has 3 rings (SSSR count). The van der Waals surface area contributed by atoms with Crippen LogP contribution in [-0.2, 0) is 9.53 Å². The smallest absolute Gasteiger partial charge is 0.190 e. The SMILES string of the molecule is C/C1=C\CC[C@@]2(C)O[C@@H]2C(=O)C2=CCC[C@@](C)(CC1)C2. The van der Waals surface area contributed by atoms with Gasteiger partial charge in [0.1, 0.15) is 11.7 Å². The first-order valence-corrected chi connectivity index (χ1v) is 7.99. The minimum Gasteiger partial charge on any atom is -0.358 e. The lowest BCUT2D eigenvalue weighted by Gasteiger charge is -2.34. The fraction of sp³-hybridized carbons (Fsp3) is 0.722. The highest BCUT2D eigenvalue weighted by atomic mass is 16.6. The molecular weight excluding hydrogens is 248 g/mol. The Morgan fingerprint density at radius 3 is 2.70 bits per heavy atom. The first kappa shape index (κ1) is 14.1. The number of ketones is 1. The molecule has 1 saturated heterocycles. The van der Waals surface area contributed by atoms with Gasteiger partial charge >= 0.3 is 0 Å². The first-order valence-electron chi connectivity index (χ1n) is 7.99. The van der Waals surface area contributed by atoms with Crippen LogP contribution in [0.5, 0.6) is 0 Å². The molecule has 0 aromatic carbocycles. The van der Waals surface area contributed by atoms with Crippen molar-refractivity contribution in [2.45, 2.75) is 77.4 Å². The van der Waals surface area contributed by atoms with Crippen LogP contribution in [0.3, 0.4) is 0 Å². The summed E-state index contributed by atoms with van der Waals surface area (Å²) in [7, 11) is 0. The molecule has 3 aliphatic rings. The molecule has 110 valence electrons. The van der Waals surface area contributed by atoms with Gasteiger partial charge in [-0.25, -0.2) is 0 Å². The number of carbonyl (C=O) groups excluding carboxylic acids is 1. The van der Waals surface area contributed by atoms with Crippen LogP contribution in [0.4, 0.5) is 0 Å². The normalized spacial score (nSPS) is 44.4. The van der Waals surface area contributed by atoms with E-state index in [0.717, 1.165) is 31.3 Å². The van der Waals surface area contributed by atoms with Gasteiger partial charge in [0, 0.05) is 0 Å². The maximum absolute atomic E-state index is 12.6. The van der Waals surface area contributed by atoms with Crippen LogP contribution in [0, 0.1) is 5.41 Å². The van der Waals surface area contributed by atoms with Crippen LogP contribution in [-0.4, -0.2) is 17.5 Å². The summed E-state index contributed by atoms with van der Waals surface area (Å²) in [6.07, 6.45) is 11.9. The average Bonchev–Trinajstić information content (AvgIpc) is 3.07. The highest BCUT2D eigenvalue weighted by Crippen LogP contribution is 2.47. The van der Waals surface area contributed by atoms with Crippen molar-refractivity contribution in [3.05, 3.63) is 23.3 Å². The molecule has 0 unspecified atom stereocenters. The third-order valence-electron chi connectivity index (χ3n) is 5.45. The van der Waals surface area contributed by atoms with Crippen molar-refractivity contribution in [1.29, 1.82) is 0 Å². The van der Waals surface area contributed by atoms with E-state index in [1.54, 1.807) is 0 Å². The minimum absolute atomic E-state index is 0.177. The molecule has 2 aliphatic carbocycles. The summed E-state index contributed by atoms with van der Waals surface area (Å²) in [5.74, 6) is 0.264. The van der Waals surface area contributed by atoms with Gasteiger partial charge in [0.05, 0.1) is 0 Å². The van der Waals surface area contributed by atoms with Gasteiger partial charge in [-0.1, -0.05) is 24.6 Å². The van der Waals surface area contributed by atoms with E-state index in [-0.39, 0.29) is 17.5 Å². The Labute approximate surface area is 122 Å². The second-order valence-corrected chi connectivity index (χ2v) is 7.52. The molecule has 2 nitrogen and oxygen atoms in total. The zero-order valence-electron chi connectivity index (χ0n) is 13.0. The van der Waals surface area contributed by atoms with Crippen molar-refractivity contribution in [2.75, 3.05) is 0 Å². The number of hydrogen-bond acceptors (Lipinski definition) is 2. The third-order valence-corrected chi connectivity index (χ3v) is 5.45. The minimum atomic E-state index is -0.207. The van der Waals surface area contributed by atoms with E-state index in [1.165, 1.54) is 24.8 Å². The zero-order chi connectivity index (χ0) is 14.4. The molecule has 0 aromatic heterocycles. The lowest BCUT2D eigenvalue weighted by Crippen LogP contribution is -2.27. The highest BCUT2D eigenvalue weighted by molar-refractivity contribution is 6.01. The summed E-state index contributed by atoms with van der Waals surface area (Å²) < 4.78 is 5.77. The molecule has 1 fully saturated rings. The van der Waals surface area contributed by atoms with Gasteiger partial charge in [-0.2, -0.15) is 0 Å². The second-order valence-electron chi connectivity index (χ2n) is 7.52. The van der Waals surface area contributed by atoms with Gasteiger partial charge in [-0.15, -0.1) is 0 Å². The number of rotatable bonds is 0. The zero-order valence-corrected chi connectivity index (χ0v) is 13.0. The van der Waals surface area contributed by atoms with Crippen molar-refractivity contribution in [3.63, 3.8) is 0 Å².